The lowest BCUT2D eigenvalue weighted by Crippen LogP contribution is -2.38. The maximum Gasteiger partial charge on any atom is 0.337 e. The fourth-order valence-electron chi connectivity index (χ4n) is 3.02. The number of carboxylic acid groups (broad SMARTS) is 1. The number of carboxylic acids is 1. The van der Waals surface area contributed by atoms with Gasteiger partial charge in [0.15, 0.2) is 0 Å². The number of likely N-dealkylation sites (N-methyl/N-ethyl adjacent to an activating group) is 1. The molecule has 1 unspecified atom stereocenters. The quantitative estimate of drug-likeness (QED) is 0.930. The maximum atomic E-state index is 11.2. The van der Waals surface area contributed by atoms with Gasteiger partial charge in [-0.1, -0.05) is 6.42 Å². The zero-order valence-corrected chi connectivity index (χ0v) is 11.6. The molecule has 1 N–H and O–H groups in total. The van der Waals surface area contributed by atoms with Gasteiger partial charge in [0.2, 0.25) is 0 Å². The Balaban J connectivity index is 1.92. The van der Waals surface area contributed by atoms with Crippen molar-refractivity contribution in [2.75, 3.05) is 13.6 Å². The molecule has 3 rings (SSSR count). The number of rotatable bonds is 3. The number of piperidine rings is 1. The zero-order valence-electron chi connectivity index (χ0n) is 11.6. The SMILES string of the molecule is CN1CCCCC1Cc1ncc2c(C(=O)O)cccn12. The van der Waals surface area contributed by atoms with E-state index in [9.17, 15) is 9.90 Å². The summed E-state index contributed by atoms with van der Waals surface area (Å²) in [6.07, 6.45) is 8.14. The van der Waals surface area contributed by atoms with Crippen molar-refractivity contribution in [3.8, 4) is 0 Å². The van der Waals surface area contributed by atoms with E-state index in [-0.39, 0.29) is 0 Å². The highest BCUT2D eigenvalue weighted by molar-refractivity contribution is 5.95. The molecule has 1 fully saturated rings. The van der Waals surface area contributed by atoms with Crippen LogP contribution in [0.4, 0.5) is 0 Å². The van der Waals surface area contributed by atoms with Gasteiger partial charge >= 0.3 is 5.97 Å². The first-order chi connectivity index (χ1) is 9.66. The van der Waals surface area contributed by atoms with E-state index in [4.69, 9.17) is 0 Å². The van der Waals surface area contributed by atoms with Crippen molar-refractivity contribution < 1.29 is 9.90 Å². The minimum atomic E-state index is -0.906. The van der Waals surface area contributed by atoms with Crippen molar-refractivity contribution in [2.24, 2.45) is 0 Å². The summed E-state index contributed by atoms with van der Waals surface area (Å²) in [7, 11) is 2.16. The second kappa shape index (κ2) is 5.25. The standard InChI is InChI=1S/C15H19N3O2/c1-17-7-3-2-5-11(17)9-14-16-10-13-12(15(19)20)6-4-8-18(13)14/h4,6,8,10-11H,2-3,5,7,9H2,1H3,(H,19,20). The molecule has 5 heteroatoms. The molecule has 0 amide bonds. The van der Waals surface area contributed by atoms with Gasteiger partial charge in [-0.25, -0.2) is 9.78 Å². The van der Waals surface area contributed by atoms with Gasteiger partial charge in [-0.15, -0.1) is 0 Å². The van der Waals surface area contributed by atoms with Gasteiger partial charge in [-0.3, -0.25) is 0 Å². The summed E-state index contributed by atoms with van der Waals surface area (Å²) in [6.45, 7) is 1.13. The Labute approximate surface area is 117 Å². The molecule has 5 nitrogen and oxygen atoms in total. The highest BCUT2D eigenvalue weighted by atomic mass is 16.4. The topological polar surface area (TPSA) is 57.8 Å². The van der Waals surface area contributed by atoms with Crippen LogP contribution in [-0.4, -0.2) is 45.0 Å². The predicted molar refractivity (Wildman–Crippen MR) is 76.1 cm³/mol. The normalized spacial score (nSPS) is 20.4. The number of carbonyl (C=O) groups is 1. The van der Waals surface area contributed by atoms with Crippen LogP contribution >= 0.6 is 0 Å². The summed E-state index contributed by atoms with van der Waals surface area (Å²) in [6, 6.07) is 3.89. The molecule has 0 radical (unpaired) electrons. The largest absolute Gasteiger partial charge is 0.478 e. The molecule has 0 bridgehead atoms. The summed E-state index contributed by atoms with van der Waals surface area (Å²) < 4.78 is 1.91. The van der Waals surface area contributed by atoms with Gasteiger partial charge in [-0.05, 0) is 38.6 Å². The summed E-state index contributed by atoms with van der Waals surface area (Å²) in [5, 5.41) is 9.21. The molecule has 20 heavy (non-hydrogen) atoms. The average Bonchev–Trinajstić information content (AvgIpc) is 2.84. The maximum absolute atomic E-state index is 11.2. The van der Waals surface area contributed by atoms with Crippen molar-refractivity contribution in [2.45, 2.75) is 31.7 Å². The number of likely N-dealkylation sites (tertiary alicyclic amines) is 1. The number of imidazole rings is 1. The third-order valence-corrected chi connectivity index (χ3v) is 4.22. The number of fused-ring (bicyclic) bond motifs is 1. The monoisotopic (exact) mass is 273 g/mol. The molecule has 0 saturated carbocycles. The molecule has 0 aliphatic carbocycles. The number of aromatic nitrogens is 2. The van der Waals surface area contributed by atoms with E-state index in [0.717, 1.165) is 18.8 Å². The molecule has 2 aromatic rings. The van der Waals surface area contributed by atoms with Crippen LogP contribution in [0.3, 0.4) is 0 Å². The minimum absolute atomic E-state index is 0.309. The van der Waals surface area contributed by atoms with E-state index < -0.39 is 5.97 Å². The highest BCUT2D eigenvalue weighted by Gasteiger charge is 2.21. The van der Waals surface area contributed by atoms with E-state index in [2.05, 4.69) is 16.9 Å². The van der Waals surface area contributed by atoms with Gasteiger partial charge < -0.3 is 14.4 Å². The van der Waals surface area contributed by atoms with E-state index in [0.29, 0.717) is 17.1 Å². The average molecular weight is 273 g/mol. The van der Waals surface area contributed by atoms with Crippen LogP contribution in [-0.2, 0) is 6.42 Å². The van der Waals surface area contributed by atoms with E-state index in [1.165, 1.54) is 19.3 Å². The molecule has 1 atom stereocenters. The molecule has 0 spiro atoms. The Morgan fingerprint density at radius 1 is 1.50 bits per heavy atom. The summed E-state index contributed by atoms with van der Waals surface area (Å²) in [5.41, 5.74) is 0.983. The van der Waals surface area contributed by atoms with Crippen LogP contribution in [0.1, 0.15) is 35.4 Å². The Kier molecular flexibility index (Phi) is 3.44. The Morgan fingerprint density at radius 3 is 3.10 bits per heavy atom. The minimum Gasteiger partial charge on any atom is -0.478 e. The molecule has 2 aromatic heterocycles. The highest BCUT2D eigenvalue weighted by Crippen LogP contribution is 2.20. The van der Waals surface area contributed by atoms with Gasteiger partial charge in [0, 0.05) is 18.7 Å². The number of hydrogen-bond donors (Lipinski definition) is 1. The van der Waals surface area contributed by atoms with Gasteiger partial charge in [-0.2, -0.15) is 0 Å². The first-order valence-corrected chi connectivity index (χ1v) is 7.05. The Morgan fingerprint density at radius 2 is 2.35 bits per heavy atom. The van der Waals surface area contributed by atoms with Crippen molar-refractivity contribution in [1.29, 1.82) is 0 Å². The lowest BCUT2D eigenvalue weighted by Gasteiger charge is -2.32. The van der Waals surface area contributed by atoms with Crippen LogP contribution in [0, 0.1) is 0 Å². The van der Waals surface area contributed by atoms with Crippen LogP contribution in [0.5, 0.6) is 0 Å². The van der Waals surface area contributed by atoms with E-state index >= 15 is 0 Å². The van der Waals surface area contributed by atoms with Crippen LogP contribution in [0.15, 0.2) is 24.5 Å². The summed E-state index contributed by atoms with van der Waals surface area (Å²) in [4.78, 5) is 18.0. The molecule has 106 valence electrons. The number of hydrogen-bond acceptors (Lipinski definition) is 3. The summed E-state index contributed by atoms with van der Waals surface area (Å²) >= 11 is 0. The Bertz CT molecular complexity index is 635. The van der Waals surface area contributed by atoms with E-state index in [1.807, 2.05) is 10.6 Å². The molecule has 1 aliphatic rings. The lowest BCUT2D eigenvalue weighted by molar-refractivity contribution is 0.0698. The molecule has 1 aliphatic heterocycles. The van der Waals surface area contributed by atoms with Crippen molar-refractivity contribution in [1.82, 2.24) is 14.3 Å². The predicted octanol–water partition coefficient (Wildman–Crippen LogP) is 2.06. The van der Waals surface area contributed by atoms with Crippen LogP contribution in [0.25, 0.3) is 5.52 Å². The van der Waals surface area contributed by atoms with Crippen LogP contribution in [0.2, 0.25) is 0 Å². The van der Waals surface area contributed by atoms with E-state index in [1.54, 1.807) is 18.3 Å². The van der Waals surface area contributed by atoms with Crippen molar-refractivity contribution >= 4 is 11.5 Å². The zero-order chi connectivity index (χ0) is 14.1. The molecule has 0 aromatic carbocycles. The molecule has 3 heterocycles. The van der Waals surface area contributed by atoms with Gasteiger partial charge in [0.25, 0.3) is 0 Å². The fourth-order valence-corrected chi connectivity index (χ4v) is 3.02. The number of nitrogens with zero attached hydrogens (tertiary/aromatic N) is 3. The van der Waals surface area contributed by atoms with Crippen molar-refractivity contribution in [3.63, 3.8) is 0 Å². The molecular weight excluding hydrogens is 254 g/mol. The molecular formula is C15H19N3O2. The van der Waals surface area contributed by atoms with Gasteiger partial charge in [0.1, 0.15) is 5.82 Å². The second-order valence-corrected chi connectivity index (χ2v) is 5.49. The third-order valence-electron chi connectivity index (χ3n) is 4.22. The first-order valence-electron chi connectivity index (χ1n) is 7.05. The third kappa shape index (κ3) is 2.29. The lowest BCUT2D eigenvalue weighted by atomic mass is 10.00. The Hall–Kier alpha value is -1.88. The summed E-state index contributed by atoms with van der Waals surface area (Å²) in [5.74, 6) is 0.0404. The van der Waals surface area contributed by atoms with Crippen LogP contribution < -0.4 is 0 Å². The first kappa shape index (κ1) is 13.1. The molecule has 1 saturated heterocycles. The fraction of sp³-hybridized carbons (Fsp3) is 0.467. The van der Waals surface area contributed by atoms with Gasteiger partial charge in [0.05, 0.1) is 17.3 Å². The number of aromatic carboxylic acids is 1. The second-order valence-electron chi connectivity index (χ2n) is 5.49. The smallest absolute Gasteiger partial charge is 0.337 e. The van der Waals surface area contributed by atoms with Crippen molar-refractivity contribution in [3.05, 3.63) is 35.9 Å². The number of pyridine rings is 1.